The van der Waals surface area contributed by atoms with Crippen LogP contribution in [-0.4, -0.2) is 14.6 Å². The molecule has 0 bridgehead atoms. The molecule has 0 saturated carbocycles. The minimum Gasteiger partial charge on any atom is -0.364 e. The Hall–Kier alpha value is -1.88. The van der Waals surface area contributed by atoms with Crippen molar-refractivity contribution in [3.63, 3.8) is 0 Å². The predicted molar refractivity (Wildman–Crippen MR) is 88.5 cm³/mol. The standard InChI is InChI=1S/C16H17BrN4/c1-11(2)14-9-15-16(18-6-7-21(15)20-14)19-10-12-4-3-5-13(17)8-12/h3-9,11H,10H2,1-2H3,(H,18,19). The average Bonchev–Trinajstić information content (AvgIpc) is 2.90. The van der Waals surface area contributed by atoms with Crippen LogP contribution < -0.4 is 5.32 Å². The summed E-state index contributed by atoms with van der Waals surface area (Å²) in [5.41, 5.74) is 3.29. The van der Waals surface area contributed by atoms with Crippen LogP contribution in [0, 0.1) is 0 Å². The summed E-state index contributed by atoms with van der Waals surface area (Å²) < 4.78 is 2.96. The van der Waals surface area contributed by atoms with Crippen molar-refractivity contribution in [3.05, 3.63) is 58.5 Å². The van der Waals surface area contributed by atoms with E-state index in [2.05, 4.69) is 63.4 Å². The maximum Gasteiger partial charge on any atom is 0.152 e. The molecule has 0 aliphatic heterocycles. The largest absolute Gasteiger partial charge is 0.364 e. The first kappa shape index (κ1) is 14.1. The van der Waals surface area contributed by atoms with Crippen LogP contribution in [0.15, 0.2) is 47.2 Å². The van der Waals surface area contributed by atoms with Crippen molar-refractivity contribution < 1.29 is 0 Å². The fourth-order valence-corrected chi connectivity index (χ4v) is 2.64. The maximum atomic E-state index is 4.57. The van der Waals surface area contributed by atoms with Crippen molar-refractivity contribution >= 4 is 27.3 Å². The van der Waals surface area contributed by atoms with E-state index in [1.807, 2.05) is 22.8 Å². The molecule has 3 rings (SSSR count). The summed E-state index contributed by atoms with van der Waals surface area (Å²) in [6, 6.07) is 10.3. The molecule has 0 aliphatic rings. The van der Waals surface area contributed by atoms with Crippen LogP contribution in [0.5, 0.6) is 0 Å². The van der Waals surface area contributed by atoms with Crippen molar-refractivity contribution in [3.8, 4) is 0 Å². The number of anilines is 1. The van der Waals surface area contributed by atoms with Gasteiger partial charge in [-0.3, -0.25) is 0 Å². The second-order valence-electron chi connectivity index (χ2n) is 5.31. The van der Waals surface area contributed by atoms with E-state index in [0.717, 1.165) is 28.0 Å². The van der Waals surface area contributed by atoms with Crippen LogP contribution in [-0.2, 0) is 6.54 Å². The van der Waals surface area contributed by atoms with E-state index in [4.69, 9.17) is 0 Å². The maximum absolute atomic E-state index is 4.57. The van der Waals surface area contributed by atoms with Gasteiger partial charge in [-0.15, -0.1) is 0 Å². The fourth-order valence-electron chi connectivity index (χ4n) is 2.19. The summed E-state index contributed by atoms with van der Waals surface area (Å²) in [7, 11) is 0. The van der Waals surface area contributed by atoms with Gasteiger partial charge in [0, 0.05) is 23.4 Å². The number of rotatable bonds is 4. The van der Waals surface area contributed by atoms with Gasteiger partial charge in [-0.05, 0) is 29.7 Å². The van der Waals surface area contributed by atoms with Gasteiger partial charge in [0.05, 0.1) is 5.69 Å². The van der Waals surface area contributed by atoms with E-state index in [9.17, 15) is 0 Å². The van der Waals surface area contributed by atoms with E-state index in [0.29, 0.717) is 5.92 Å². The van der Waals surface area contributed by atoms with Crippen molar-refractivity contribution in [2.45, 2.75) is 26.3 Å². The molecule has 0 aliphatic carbocycles. The highest BCUT2D eigenvalue weighted by Crippen LogP contribution is 2.20. The molecule has 2 heterocycles. The number of hydrogen-bond donors (Lipinski definition) is 1. The van der Waals surface area contributed by atoms with Crippen molar-refractivity contribution in [2.75, 3.05) is 5.32 Å². The van der Waals surface area contributed by atoms with Gasteiger partial charge in [0.25, 0.3) is 0 Å². The van der Waals surface area contributed by atoms with Crippen LogP contribution in [0.3, 0.4) is 0 Å². The van der Waals surface area contributed by atoms with E-state index in [1.54, 1.807) is 6.20 Å². The van der Waals surface area contributed by atoms with Crippen molar-refractivity contribution in [1.82, 2.24) is 14.6 Å². The number of benzene rings is 1. The van der Waals surface area contributed by atoms with E-state index >= 15 is 0 Å². The summed E-state index contributed by atoms with van der Waals surface area (Å²) in [5, 5.41) is 7.96. The zero-order valence-corrected chi connectivity index (χ0v) is 13.6. The van der Waals surface area contributed by atoms with Gasteiger partial charge in [0.15, 0.2) is 5.82 Å². The van der Waals surface area contributed by atoms with Gasteiger partial charge in [-0.25, -0.2) is 9.50 Å². The number of hydrogen-bond acceptors (Lipinski definition) is 3. The molecule has 1 N–H and O–H groups in total. The Morgan fingerprint density at radius 2 is 2.14 bits per heavy atom. The summed E-state index contributed by atoms with van der Waals surface area (Å²) in [4.78, 5) is 4.43. The molecule has 0 radical (unpaired) electrons. The molecule has 0 saturated heterocycles. The van der Waals surface area contributed by atoms with Crippen LogP contribution in [0.25, 0.3) is 5.52 Å². The summed E-state index contributed by atoms with van der Waals surface area (Å²) in [6.45, 7) is 5.02. The SMILES string of the molecule is CC(C)c1cc2c(NCc3cccc(Br)c3)nccn2n1. The molecular weight excluding hydrogens is 328 g/mol. The van der Waals surface area contributed by atoms with Crippen molar-refractivity contribution in [1.29, 1.82) is 0 Å². The smallest absolute Gasteiger partial charge is 0.152 e. The quantitative estimate of drug-likeness (QED) is 0.770. The summed E-state index contributed by atoms with van der Waals surface area (Å²) >= 11 is 3.49. The van der Waals surface area contributed by atoms with Gasteiger partial charge in [-0.1, -0.05) is 41.9 Å². The molecule has 0 spiro atoms. The second-order valence-corrected chi connectivity index (χ2v) is 6.23. The Morgan fingerprint density at radius 3 is 2.90 bits per heavy atom. The zero-order valence-electron chi connectivity index (χ0n) is 12.0. The minimum atomic E-state index is 0.405. The normalized spacial score (nSPS) is 11.2. The summed E-state index contributed by atoms with van der Waals surface area (Å²) in [6.07, 6.45) is 3.65. The van der Waals surface area contributed by atoms with Gasteiger partial charge in [0.2, 0.25) is 0 Å². The molecular formula is C16H17BrN4. The first-order valence-electron chi connectivity index (χ1n) is 6.96. The number of aromatic nitrogens is 3. The number of nitrogens with one attached hydrogen (secondary N) is 1. The first-order valence-corrected chi connectivity index (χ1v) is 7.75. The van der Waals surface area contributed by atoms with Gasteiger partial charge < -0.3 is 5.32 Å². The van der Waals surface area contributed by atoms with Crippen LogP contribution >= 0.6 is 15.9 Å². The molecule has 0 fully saturated rings. The minimum absolute atomic E-state index is 0.405. The highest BCUT2D eigenvalue weighted by Gasteiger charge is 2.09. The molecule has 2 aromatic heterocycles. The second kappa shape index (κ2) is 5.85. The third-order valence-corrected chi connectivity index (χ3v) is 3.84. The summed E-state index contributed by atoms with van der Waals surface area (Å²) in [5.74, 6) is 1.26. The Bertz CT molecular complexity index is 764. The zero-order chi connectivity index (χ0) is 14.8. The third-order valence-electron chi connectivity index (χ3n) is 3.35. The molecule has 1 aromatic carbocycles. The Morgan fingerprint density at radius 1 is 1.29 bits per heavy atom. The first-order chi connectivity index (χ1) is 10.1. The highest BCUT2D eigenvalue weighted by molar-refractivity contribution is 9.10. The van der Waals surface area contributed by atoms with Gasteiger partial charge in [0.1, 0.15) is 5.52 Å². The molecule has 0 atom stereocenters. The molecule has 0 unspecified atom stereocenters. The Kier molecular flexibility index (Phi) is 3.92. The van der Waals surface area contributed by atoms with Crippen LogP contribution in [0.4, 0.5) is 5.82 Å². The molecule has 0 amide bonds. The lowest BCUT2D eigenvalue weighted by atomic mass is 10.1. The van der Waals surface area contributed by atoms with Crippen LogP contribution in [0.2, 0.25) is 0 Å². The molecule has 108 valence electrons. The Balaban J connectivity index is 1.86. The number of halogens is 1. The fraction of sp³-hybridized carbons (Fsp3) is 0.250. The number of nitrogens with zero attached hydrogens (tertiary/aromatic N) is 3. The average molecular weight is 345 g/mol. The lowest BCUT2D eigenvalue weighted by Crippen LogP contribution is -2.03. The monoisotopic (exact) mass is 344 g/mol. The number of fused-ring (bicyclic) bond motifs is 1. The van der Waals surface area contributed by atoms with Gasteiger partial charge in [-0.2, -0.15) is 5.10 Å². The van der Waals surface area contributed by atoms with E-state index in [1.165, 1.54) is 5.56 Å². The van der Waals surface area contributed by atoms with Gasteiger partial charge >= 0.3 is 0 Å². The van der Waals surface area contributed by atoms with E-state index in [-0.39, 0.29) is 0 Å². The van der Waals surface area contributed by atoms with Crippen LogP contribution in [0.1, 0.15) is 31.0 Å². The molecule has 4 nitrogen and oxygen atoms in total. The lowest BCUT2D eigenvalue weighted by molar-refractivity contribution is 0.787. The Labute approximate surface area is 132 Å². The van der Waals surface area contributed by atoms with Crippen molar-refractivity contribution in [2.24, 2.45) is 0 Å². The molecule has 5 heteroatoms. The molecule has 3 aromatic rings. The topological polar surface area (TPSA) is 42.2 Å². The predicted octanol–water partition coefficient (Wildman–Crippen LogP) is 4.23. The third kappa shape index (κ3) is 3.08. The molecule has 21 heavy (non-hydrogen) atoms. The van der Waals surface area contributed by atoms with E-state index < -0.39 is 0 Å². The highest BCUT2D eigenvalue weighted by atomic mass is 79.9. The lowest BCUT2D eigenvalue weighted by Gasteiger charge is -2.07.